The van der Waals surface area contributed by atoms with Crippen molar-refractivity contribution in [3.63, 3.8) is 0 Å². The number of hydrogen-bond donors (Lipinski definition) is 1. The summed E-state index contributed by atoms with van der Waals surface area (Å²) >= 11 is 0. The molecule has 21 heavy (non-hydrogen) atoms. The van der Waals surface area contributed by atoms with Crippen LogP contribution in [-0.4, -0.2) is 43.0 Å². The molecular formula is C15H19FN2O3. The Morgan fingerprint density at radius 1 is 1.38 bits per heavy atom. The summed E-state index contributed by atoms with van der Waals surface area (Å²) in [4.78, 5) is 24.9. The van der Waals surface area contributed by atoms with Gasteiger partial charge < -0.3 is 15.0 Å². The minimum absolute atomic E-state index is 0.145. The van der Waals surface area contributed by atoms with Crippen molar-refractivity contribution < 1.29 is 18.7 Å². The van der Waals surface area contributed by atoms with E-state index < -0.39 is 5.82 Å². The Kier molecular flexibility index (Phi) is 5.54. The molecule has 0 spiro atoms. The standard InChI is InChI=1S/C15H19FN2O3/c16-12-4-3-5-13(10-12)21-11-14(19)17-7-9-18-8-2-1-6-15(18)20/h3-5,10H,1-2,6-9,11H2,(H,17,19). The molecule has 114 valence electrons. The minimum atomic E-state index is -0.406. The van der Waals surface area contributed by atoms with Crippen LogP contribution in [0.3, 0.4) is 0 Å². The average Bonchev–Trinajstić information content (AvgIpc) is 2.47. The lowest BCUT2D eigenvalue weighted by Crippen LogP contribution is -2.41. The molecule has 5 nitrogen and oxygen atoms in total. The molecule has 1 aliphatic heterocycles. The second kappa shape index (κ2) is 7.61. The molecule has 1 N–H and O–H groups in total. The third-order valence-electron chi connectivity index (χ3n) is 3.29. The van der Waals surface area contributed by atoms with Gasteiger partial charge in [-0.05, 0) is 25.0 Å². The minimum Gasteiger partial charge on any atom is -0.484 e. The predicted octanol–water partition coefficient (Wildman–Crippen LogP) is 1.33. The molecule has 0 radical (unpaired) electrons. The Balaban J connectivity index is 1.64. The molecule has 0 atom stereocenters. The monoisotopic (exact) mass is 294 g/mol. The first-order valence-corrected chi connectivity index (χ1v) is 7.08. The van der Waals surface area contributed by atoms with E-state index >= 15 is 0 Å². The topological polar surface area (TPSA) is 58.6 Å². The summed E-state index contributed by atoms with van der Waals surface area (Å²) in [6, 6.07) is 5.63. The molecule has 6 heteroatoms. The van der Waals surface area contributed by atoms with Gasteiger partial charge in [0.1, 0.15) is 11.6 Å². The second-order valence-electron chi connectivity index (χ2n) is 4.93. The first-order valence-electron chi connectivity index (χ1n) is 7.08. The lowest BCUT2D eigenvalue weighted by Gasteiger charge is -2.26. The Bertz CT molecular complexity index is 507. The number of rotatable bonds is 6. The van der Waals surface area contributed by atoms with Crippen LogP contribution in [0.1, 0.15) is 19.3 Å². The maximum atomic E-state index is 12.9. The van der Waals surface area contributed by atoms with Crippen molar-refractivity contribution in [2.45, 2.75) is 19.3 Å². The van der Waals surface area contributed by atoms with E-state index in [2.05, 4.69) is 5.32 Å². The van der Waals surface area contributed by atoms with Crippen molar-refractivity contribution in [2.75, 3.05) is 26.2 Å². The summed E-state index contributed by atoms with van der Waals surface area (Å²) in [5.41, 5.74) is 0. The van der Waals surface area contributed by atoms with E-state index in [0.29, 0.717) is 25.3 Å². The molecule has 0 saturated carbocycles. The molecule has 1 saturated heterocycles. The Morgan fingerprint density at radius 2 is 2.24 bits per heavy atom. The van der Waals surface area contributed by atoms with E-state index in [9.17, 15) is 14.0 Å². The highest BCUT2D eigenvalue weighted by Gasteiger charge is 2.17. The Labute approximate surface area is 123 Å². The summed E-state index contributed by atoms with van der Waals surface area (Å²) < 4.78 is 18.1. The van der Waals surface area contributed by atoms with Crippen LogP contribution in [0.5, 0.6) is 5.75 Å². The number of hydrogen-bond acceptors (Lipinski definition) is 3. The predicted molar refractivity (Wildman–Crippen MR) is 75.3 cm³/mol. The molecule has 2 rings (SSSR count). The second-order valence-corrected chi connectivity index (χ2v) is 4.93. The molecule has 2 amide bonds. The van der Waals surface area contributed by atoms with Gasteiger partial charge in [-0.25, -0.2) is 4.39 Å². The maximum absolute atomic E-state index is 12.9. The maximum Gasteiger partial charge on any atom is 0.258 e. The molecule has 0 bridgehead atoms. The largest absolute Gasteiger partial charge is 0.484 e. The zero-order valence-electron chi connectivity index (χ0n) is 11.8. The number of ether oxygens (including phenoxy) is 1. The average molecular weight is 294 g/mol. The zero-order chi connectivity index (χ0) is 15.1. The third kappa shape index (κ3) is 5.06. The van der Waals surface area contributed by atoms with Crippen LogP contribution >= 0.6 is 0 Å². The lowest BCUT2D eigenvalue weighted by atomic mass is 10.1. The van der Waals surface area contributed by atoms with Crippen molar-refractivity contribution in [2.24, 2.45) is 0 Å². The number of nitrogens with one attached hydrogen (secondary N) is 1. The van der Waals surface area contributed by atoms with E-state index in [1.165, 1.54) is 18.2 Å². The van der Waals surface area contributed by atoms with Crippen LogP contribution in [0.2, 0.25) is 0 Å². The van der Waals surface area contributed by atoms with Gasteiger partial charge in [0.05, 0.1) is 0 Å². The fourth-order valence-electron chi connectivity index (χ4n) is 2.19. The first-order chi connectivity index (χ1) is 10.1. The van der Waals surface area contributed by atoms with Crippen LogP contribution in [0.25, 0.3) is 0 Å². The SMILES string of the molecule is O=C(COc1cccc(F)c1)NCCN1CCCCC1=O. The highest BCUT2D eigenvalue weighted by atomic mass is 19.1. The van der Waals surface area contributed by atoms with E-state index in [-0.39, 0.29) is 18.4 Å². The summed E-state index contributed by atoms with van der Waals surface area (Å²) in [7, 11) is 0. The van der Waals surface area contributed by atoms with Gasteiger partial charge in [0.15, 0.2) is 6.61 Å². The number of benzene rings is 1. The Hall–Kier alpha value is -2.11. The van der Waals surface area contributed by atoms with E-state index in [1.807, 2.05) is 0 Å². The molecule has 1 aromatic rings. The van der Waals surface area contributed by atoms with Gasteiger partial charge in [0, 0.05) is 32.1 Å². The summed E-state index contributed by atoms with van der Waals surface area (Å²) in [5, 5.41) is 2.68. The smallest absolute Gasteiger partial charge is 0.258 e. The molecule has 0 aromatic heterocycles. The van der Waals surface area contributed by atoms with Gasteiger partial charge in [0.2, 0.25) is 5.91 Å². The molecular weight excluding hydrogens is 275 g/mol. The van der Waals surface area contributed by atoms with Crippen LogP contribution in [-0.2, 0) is 9.59 Å². The molecule has 1 aromatic carbocycles. The van der Waals surface area contributed by atoms with E-state index in [1.54, 1.807) is 11.0 Å². The van der Waals surface area contributed by atoms with Gasteiger partial charge in [-0.15, -0.1) is 0 Å². The van der Waals surface area contributed by atoms with Crippen molar-refractivity contribution in [3.8, 4) is 5.75 Å². The number of likely N-dealkylation sites (tertiary alicyclic amines) is 1. The number of amides is 2. The highest BCUT2D eigenvalue weighted by Crippen LogP contribution is 2.11. The van der Waals surface area contributed by atoms with Crippen LogP contribution < -0.4 is 10.1 Å². The molecule has 1 fully saturated rings. The van der Waals surface area contributed by atoms with Gasteiger partial charge in [0.25, 0.3) is 5.91 Å². The summed E-state index contributed by atoms with van der Waals surface area (Å²) in [6.45, 7) is 1.51. The van der Waals surface area contributed by atoms with Crippen molar-refractivity contribution >= 4 is 11.8 Å². The number of piperidine rings is 1. The van der Waals surface area contributed by atoms with Crippen molar-refractivity contribution in [1.82, 2.24) is 10.2 Å². The van der Waals surface area contributed by atoms with Crippen LogP contribution in [0.15, 0.2) is 24.3 Å². The highest BCUT2D eigenvalue weighted by molar-refractivity contribution is 5.78. The number of carbonyl (C=O) groups excluding carboxylic acids is 2. The van der Waals surface area contributed by atoms with Gasteiger partial charge in [-0.2, -0.15) is 0 Å². The summed E-state index contributed by atoms with van der Waals surface area (Å²) in [5.74, 6) is -0.233. The van der Waals surface area contributed by atoms with E-state index in [0.717, 1.165) is 19.4 Å². The molecule has 1 heterocycles. The third-order valence-corrected chi connectivity index (χ3v) is 3.29. The van der Waals surface area contributed by atoms with Gasteiger partial charge in [-0.1, -0.05) is 6.07 Å². The summed E-state index contributed by atoms with van der Waals surface area (Å²) in [6.07, 6.45) is 2.56. The first kappa shape index (κ1) is 15.3. The van der Waals surface area contributed by atoms with Crippen molar-refractivity contribution in [3.05, 3.63) is 30.1 Å². The fourth-order valence-corrected chi connectivity index (χ4v) is 2.19. The normalized spacial score (nSPS) is 14.9. The number of carbonyl (C=O) groups is 2. The number of nitrogens with zero attached hydrogens (tertiary/aromatic N) is 1. The molecule has 0 aliphatic carbocycles. The lowest BCUT2D eigenvalue weighted by molar-refractivity contribution is -0.133. The fraction of sp³-hybridized carbons (Fsp3) is 0.467. The number of halogens is 1. The van der Waals surface area contributed by atoms with Gasteiger partial charge >= 0.3 is 0 Å². The zero-order valence-corrected chi connectivity index (χ0v) is 11.8. The van der Waals surface area contributed by atoms with E-state index in [4.69, 9.17) is 4.74 Å². The molecule has 1 aliphatic rings. The molecule has 0 unspecified atom stereocenters. The van der Waals surface area contributed by atoms with Gasteiger partial charge in [-0.3, -0.25) is 9.59 Å². The van der Waals surface area contributed by atoms with Crippen LogP contribution in [0.4, 0.5) is 4.39 Å². The van der Waals surface area contributed by atoms with Crippen molar-refractivity contribution in [1.29, 1.82) is 0 Å². The quantitative estimate of drug-likeness (QED) is 0.861. The Morgan fingerprint density at radius 3 is 3.00 bits per heavy atom. The van der Waals surface area contributed by atoms with Crippen LogP contribution in [0, 0.1) is 5.82 Å².